The molecule has 1 aromatic heterocycles. The van der Waals surface area contributed by atoms with E-state index in [0.717, 1.165) is 29.7 Å². The summed E-state index contributed by atoms with van der Waals surface area (Å²) in [5.74, 6) is 0.752. The zero-order valence-electron chi connectivity index (χ0n) is 17.4. The first kappa shape index (κ1) is 19.9. The molecular weight excluding hydrogens is 396 g/mol. The highest BCUT2D eigenvalue weighted by Gasteiger charge is 2.63. The average molecular weight is 420 g/mol. The Morgan fingerprint density at radius 3 is 2.94 bits per heavy atom. The van der Waals surface area contributed by atoms with Crippen molar-refractivity contribution in [2.24, 2.45) is 0 Å². The number of carbonyl (C=O) groups excluding carboxylic acids is 1. The molecule has 3 aliphatic rings. The summed E-state index contributed by atoms with van der Waals surface area (Å²) < 4.78 is 17.6. The molecule has 1 saturated carbocycles. The van der Waals surface area contributed by atoms with Crippen LogP contribution < -0.4 is 4.74 Å². The van der Waals surface area contributed by atoms with Crippen LogP contribution in [0.25, 0.3) is 0 Å². The number of nitriles is 1. The predicted molar refractivity (Wildman–Crippen MR) is 109 cm³/mol. The van der Waals surface area contributed by atoms with E-state index in [1.54, 1.807) is 25.7 Å². The van der Waals surface area contributed by atoms with Crippen molar-refractivity contribution in [3.63, 3.8) is 0 Å². The van der Waals surface area contributed by atoms with Crippen molar-refractivity contribution in [1.82, 2.24) is 14.9 Å². The molecule has 0 radical (unpaired) electrons. The van der Waals surface area contributed by atoms with Crippen LogP contribution in [0.15, 0.2) is 36.8 Å². The van der Waals surface area contributed by atoms with Crippen LogP contribution in [-0.4, -0.2) is 45.8 Å². The highest BCUT2D eigenvalue weighted by atomic mass is 16.6. The van der Waals surface area contributed by atoms with Crippen molar-refractivity contribution < 1.29 is 19.0 Å². The molecule has 8 heteroatoms. The van der Waals surface area contributed by atoms with E-state index in [-0.39, 0.29) is 30.7 Å². The molecule has 31 heavy (non-hydrogen) atoms. The second-order valence-corrected chi connectivity index (χ2v) is 8.32. The van der Waals surface area contributed by atoms with E-state index in [1.165, 1.54) is 0 Å². The van der Waals surface area contributed by atoms with Gasteiger partial charge in [0.2, 0.25) is 0 Å². The molecule has 0 bridgehead atoms. The van der Waals surface area contributed by atoms with Gasteiger partial charge in [-0.05, 0) is 30.5 Å². The number of rotatable bonds is 6. The van der Waals surface area contributed by atoms with Gasteiger partial charge in [0.1, 0.15) is 12.0 Å². The molecule has 2 saturated heterocycles. The van der Waals surface area contributed by atoms with Crippen LogP contribution in [-0.2, 0) is 27.3 Å². The Morgan fingerprint density at radius 1 is 1.32 bits per heavy atom. The number of benzene rings is 1. The zero-order chi connectivity index (χ0) is 21.4. The van der Waals surface area contributed by atoms with Crippen LogP contribution in [0.5, 0.6) is 5.75 Å². The van der Waals surface area contributed by atoms with E-state index in [1.807, 2.05) is 23.1 Å². The average Bonchev–Trinajstić information content (AvgIpc) is 3.30. The van der Waals surface area contributed by atoms with Crippen molar-refractivity contribution in [3.05, 3.63) is 53.6 Å². The lowest BCUT2D eigenvalue weighted by atomic mass is 9.76. The summed E-state index contributed by atoms with van der Waals surface area (Å²) in [4.78, 5) is 23.6. The van der Waals surface area contributed by atoms with E-state index in [2.05, 4.69) is 16.0 Å². The quantitative estimate of drug-likeness (QED) is 0.709. The monoisotopic (exact) mass is 420 g/mol. The molecule has 5 rings (SSSR count). The number of aromatic nitrogens is 2. The number of methoxy groups -OCH3 is 1. The normalized spacial score (nSPS) is 29.0. The van der Waals surface area contributed by atoms with Gasteiger partial charge < -0.3 is 19.1 Å². The molecule has 1 unspecified atom stereocenters. The Hall–Kier alpha value is -3.02. The zero-order valence-corrected chi connectivity index (χ0v) is 17.4. The SMILES string of the molecule is COc1ccc(COC2CC3(C2)OC2CC[C@@H](c4cnccn4)N2C3=O)cc1CC#N. The topological polar surface area (TPSA) is 97.6 Å². The van der Waals surface area contributed by atoms with Gasteiger partial charge >= 0.3 is 0 Å². The maximum Gasteiger partial charge on any atom is 0.257 e. The van der Waals surface area contributed by atoms with E-state index < -0.39 is 5.60 Å². The Morgan fingerprint density at radius 2 is 2.19 bits per heavy atom. The highest BCUT2D eigenvalue weighted by molar-refractivity contribution is 5.89. The standard InChI is InChI=1S/C23H24N4O4/c1-29-20-4-2-15(10-16(20)6-7-24)14-30-17-11-23(12-17)22(28)27-19(3-5-21(27)31-23)18-13-25-8-9-26-18/h2,4,8-10,13,17,19,21H,3,5-6,11-12,14H2,1H3/t17?,19-,21?,23?/m0/s1. The third-order valence-corrected chi connectivity index (χ3v) is 6.46. The molecule has 0 N–H and O–H groups in total. The van der Waals surface area contributed by atoms with Crippen molar-refractivity contribution in [1.29, 1.82) is 5.26 Å². The molecule has 3 fully saturated rings. The molecule has 2 atom stereocenters. The lowest BCUT2D eigenvalue weighted by Crippen LogP contribution is -2.54. The van der Waals surface area contributed by atoms with E-state index >= 15 is 0 Å². The minimum absolute atomic E-state index is 0.0274. The maximum absolute atomic E-state index is 13.2. The Labute approximate surface area is 180 Å². The largest absolute Gasteiger partial charge is 0.496 e. The summed E-state index contributed by atoms with van der Waals surface area (Å²) in [6.07, 6.45) is 7.88. The van der Waals surface area contributed by atoms with Crippen LogP contribution in [0.3, 0.4) is 0 Å². The second-order valence-electron chi connectivity index (χ2n) is 8.32. The van der Waals surface area contributed by atoms with Crippen molar-refractivity contribution in [2.45, 2.75) is 62.7 Å². The molecule has 3 heterocycles. The first-order valence-corrected chi connectivity index (χ1v) is 10.5. The summed E-state index contributed by atoms with van der Waals surface area (Å²) in [6, 6.07) is 7.83. The molecule has 2 aliphatic heterocycles. The van der Waals surface area contributed by atoms with Gasteiger partial charge in [-0.1, -0.05) is 6.07 Å². The summed E-state index contributed by atoms with van der Waals surface area (Å²) in [7, 11) is 1.60. The van der Waals surface area contributed by atoms with Crippen LogP contribution in [0.1, 0.15) is 48.5 Å². The van der Waals surface area contributed by atoms with E-state index in [9.17, 15) is 4.79 Å². The van der Waals surface area contributed by atoms with Crippen LogP contribution in [0.2, 0.25) is 0 Å². The molecule has 1 amide bonds. The third-order valence-electron chi connectivity index (χ3n) is 6.46. The molecule has 8 nitrogen and oxygen atoms in total. The minimum Gasteiger partial charge on any atom is -0.496 e. The Bertz CT molecular complexity index is 1020. The second kappa shape index (κ2) is 7.91. The molecule has 1 aromatic carbocycles. The highest BCUT2D eigenvalue weighted by Crippen LogP contribution is 2.51. The smallest absolute Gasteiger partial charge is 0.257 e. The van der Waals surface area contributed by atoms with Gasteiger partial charge in [0, 0.05) is 30.8 Å². The number of amides is 1. The van der Waals surface area contributed by atoms with Crippen molar-refractivity contribution in [3.8, 4) is 11.8 Å². The van der Waals surface area contributed by atoms with Crippen LogP contribution in [0, 0.1) is 11.3 Å². The van der Waals surface area contributed by atoms with Crippen LogP contribution in [0.4, 0.5) is 0 Å². The number of hydrogen-bond acceptors (Lipinski definition) is 7. The lowest BCUT2D eigenvalue weighted by molar-refractivity contribution is -0.177. The fourth-order valence-electron chi connectivity index (χ4n) is 4.91. The number of hydrogen-bond donors (Lipinski definition) is 0. The van der Waals surface area contributed by atoms with Gasteiger partial charge in [0.05, 0.1) is 50.2 Å². The Balaban J connectivity index is 1.20. The summed E-state index contributed by atoms with van der Waals surface area (Å²) in [5, 5.41) is 9.00. The number of nitrogens with zero attached hydrogens (tertiary/aromatic N) is 4. The van der Waals surface area contributed by atoms with Gasteiger partial charge in [-0.25, -0.2) is 0 Å². The molecule has 160 valence electrons. The van der Waals surface area contributed by atoms with Gasteiger partial charge in [0.25, 0.3) is 5.91 Å². The first-order chi connectivity index (χ1) is 15.1. The minimum atomic E-state index is -0.762. The molecular formula is C23H24N4O4. The van der Waals surface area contributed by atoms with Gasteiger partial charge in [-0.2, -0.15) is 5.26 Å². The number of fused-ring (bicyclic) bond motifs is 1. The lowest BCUT2D eigenvalue weighted by Gasteiger charge is -2.42. The van der Waals surface area contributed by atoms with E-state index in [4.69, 9.17) is 19.5 Å². The van der Waals surface area contributed by atoms with Crippen LogP contribution >= 0.6 is 0 Å². The van der Waals surface area contributed by atoms with Crippen molar-refractivity contribution in [2.75, 3.05) is 7.11 Å². The maximum atomic E-state index is 13.2. The number of carbonyl (C=O) groups is 1. The van der Waals surface area contributed by atoms with Gasteiger partial charge in [0.15, 0.2) is 5.60 Å². The van der Waals surface area contributed by atoms with Gasteiger partial charge in [-0.15, -0.1) is 0 Å². The first-order valence-electron chi connectivity index (χ1n) is 10.5. The van der Waals surface area contributed by atoms with E-state index in [0.29, 0.717) is 25.2 Å². The van der Waals surface area contributed by atoms with Gasteiger partial charge in [-0.3, -0.25) is 14.8 Å². The summed E-state index contributed by atoms with van der Waals surface area (Å²) >= 11 is 0. The summed E-state index contributed by atoms with van der Waals surface area (Å²) in [6.45, 7) is 0.423. The Kier molecular flexibility index (Phi) is 5.08. The molecule has 2 aromatic rings. The molecule has 1 aliphatic carbocycles. The third kappa shape index (κ3) is 3.44. The number of ether oxygens (including phenoxy) is 3. The molecule has 1 spiro atoms. The fourth-order valence-corrected chi connectivity index (χ4v) is 4.91. The summed E-state index contributed by atoms with van der Waals surface area (Å²) in [5.41, 5.74) is 1.89. The predicted octanol–water partition coefficient (Wildman–Crippen LogP) is 2.69. The fraction of sp³-hybridized carbons (Fsp3) is 0.478. The van der Waals surface area contributed by atoms with Crippen molar-refractivity contribution >= 4 is 5.91 Å².